The Bertz CT molecular complexity index is 1610. The van der Waals surface area contributed by atoms with Crippen molar-refractivity contribution in [3.8, 4) is 5.75 Å². The van der Waals surface area contributed by atoms with Crippen LogP contribution in [-0.2, 0) is 29.1 Å². The molecule has 0 bridgehead atoms. The number of amides is 1. The normalized spacial score (nSPS) is 17.4. The van der Waals surface area contributed by atoms with Crippen molar-refractivity contribution in [1.82, 2.24) is 0 Å². The summed E-state index contributed by atoms with van der Waals surface area (Å²) in [5.74, 6) is -1.79. The number of sulfonamides is 1. The molecule has 10 nitrogen and oxygen atoms in total. The molecule has 0 aliphatic carbocycles. The van der Waals surface area contributed by atoms with Gasteiger partial charge in [-0.15, -0.1) is 0 Å². The Hall–Kier alpha value is -3.53. The van der Waals surface area contributed by atoms with Gasteiger partial charge in [0.1, 0.15) is 11.6 Å². The van der Waals surface area contributed by atoms with Crippen molar-refractivity contribution in [1.29, 1.82) is 0 Å². The molecular formula is C22H18F10N2O8S2. The van der Waals surface area contributed by atoms with Gasteiger partial charge in [-0.2, -0.15) is 47.9 Å². The first-order valence-electron chi connectivity index (χ1n) is 11.5. The number of hydrogen-bond acceptors (Lipinski definition) is 8. The van der Waals surface area contributed by atoms with E-state index in [4.69, 9.17) is 4.74 Å². The lowest BCUT2D eigenvalue weighted by Gasteiger charge is -2.38. The fourth-order valence-corrected chi connectivity index (χ4v) is 5.52. The van der Waals surface area contributed by atoms with Gasteiger partial charge in [0.2, 0.25) is 11.7 Å². The molecular weight excluding hydrogens is 674 g/mol. The first-order chi connectivity index (χ1) is 19.8. The average molecular weight is 693 g/mol. The zero-order chi connectivity index (χ0) is 33.7. The van der Waals surface area contributed by atoms with E-state index >= 15 is 0 Å². The predicted molar refractivity (Wildman–Crippen MR) is 128 cm³/mol. The summed E-state index contributed by atoms with van der Waals surface area (Å²) in [6, 6.07) is 4.74. The number of anilines is 2. The van der Waals surface area contributed by atoms with Gasteiger partial charge in [0, 0.05) is 5.69 Å². The van der Waals surface area contributed by atoms with Crippen molar-refractivity contribution in [2.45, 2.75) is 54.4 Å². The number of benzene rings is 2. The van der Waals surface area contributed by atoms with Crippen molar-refractivity contribution in [3.63, 3.8) is 0 Å². The van der Waals surface area contributed by atoms with Crippen molar-refractivity contribution in [2.75, 3.05) is 16.2 Å². The Morgan fingerprint density at radius 1 is 0.955 bits per heavy atom. The standard InChI is InChI=1S/C22H18F10N2O8S2/c1-19(2,21(27,28)29)41-18(35)33-12-5-8-15-14(9-12)34(43(36,37)13-6-3-11(23)4-7-13)10-16(40-15)17(20(24,25)26)42-44(38,39)22(30,31)32/h3-9,16-17H,10H2,1-2H3,(H,33,35). The minimum absolute atomic E-state index is 0.0994. The van der Waals surface area contributed by atoms with Gasteiger partial charge < -0.3 is 9.47 Å². The van der Waals surface area contributed by atoms with Crippen LogP contribution in [0.3, 0.4) is 0 Å². The molecule has 2 aromatic rings. The number of rotatable bonds is 7. The SMILES string of the molecule is CC(C)(OC(=O)Nc1ccc2c(c1)N(S(=O)(=O)c1ccc(F)cc1)CC(C(OS(=O)(=O)C(F)(F)F)C(F)(F)F)O2)C(F)(F)F. The topological polar surface area (TPSA) is 128 Å². The van der Waals surface area contributed by atoms with E-state index < -0.39 is 96.3 Å². The number of alkyl halides is 9. The Labute approximate surface area is 241 Å². The van der Waals surface area contributed by atoms with Crippen molar-refractivity contribution >= 4 is 37.6 Å². The van der Waals surface area contributed by atoms with E-state index in [9.17, 15) is 65.5 Å². The number of fused-ring (bicyclic) bond motifs is 1. The number of carbonyl (C=O) groups is 1. The van der Waals surface area contributed by atoms with Crippen LogP contribution >= 0.6 is 0 Å². The molecule has 1 aliphatic rings. The van der Waals surface area contributed by atoms with Crippen LogP contribution < -0.4 is 14.4 Å². The summed E-state index contributed by atoms with van der Waals surface area (Å²) < 4.78 is 195. The highest BCUT2D eigenvalue weighted by Crippen LogP contribution is 2.43. The second kappa shape index (κ2) is 11.4. The number of halogens is 10. The van der Waals surface area contributed by atoms with Crippen LogP contribution in [0.4, 0.5) is 60.1 Å². The van der Waals surface area contributed by atoms with Crippen LogP contribution in [0.15, 0.2) is 47.4 Å². The Kier molecular flexibility index (Phi) is 9.08. The largest absolute Gasteiger partial charge is 0.523 e. The van der Waals surface area contributed by atoms with Gasteiger partial charge in [0.15, 0.2) is 6.10 Å². The summed E-state index contributed by atoms with van der Waals surface area (Å²) in [5, 5.41) is 1.85. The lowest BCUT2D eigenvalue weighted by molar-refractivity contribution is -0.242. The highest BCUT2D eigenvalue weighted by atomic mass is 32.2. The fourth-order valence-electron chi connectivity index (χ4n) is 3.42. The molecule has 2 atom stereocenters. The summed E-state index contributed by atoms with van der Waals surface area (Å²) in [6.45, 7) is -0.565. The maximum absolute atomic E-state index is 13.8. The molecule has 0 aromatic heterocycles. The van der Waals surface area contributed by atoms with Gasteiger partial charge in [0.05, 0.1) is 17.1 Å². The first-order valence-corrected chi connectivity index (χ1v) is 14.3. The lowest BCUT2D eigenvalue weighted by Crippen LogP contribution is -2.55. The van der Waals surface area contributed by atoms with Gasteiger partial charge in [-0.1, -0.05) is 0 Å². The van der Waals surface area contributed by atoms with E-state index in [1.165, 1.54) is 0 Å². The van der Waals surface area contributed by atoms with Crippen molar-refractivity contribution < 1.29 is 79.2 Å². The van der Waals surface area contributed by atoms with Gasteiger partial charge in [-0.05, 0) is 56.3 Å². The zero-order valence-corrected chi connectivity index (χ0v) is 23.3. The average Bonchev–Trinajstić information content (AvgIpc) is 2.84. The van der Waals surface area contributed by atoms with Gasteiger partial charge in [0.25, 0.3) is 10.0 Å². The predicted octanol–water partition coefficient (Wildman–Crippen LogP) is 5.47. The van der Waals surface area contributed by atoms with E-state index in [1.807, 2.05) is 5.32 Å². The number of nitrogens with one attached hydrogen (secondary N) is 1. The molecule has 1 aliphatic heterocycles. The summed E-state index contributed by atoms with van der Waals surface area (Å²) in [6.07, 6.45) is -19.4. The Morgan fingerprint density at radius 3 is 2.02 bits per heavy atom. The molecule has 0 saturated heterocycles. The quantitative estimate of drug-likeness (QED) is 0.230. The molecule has 22 heteroatoms. The van der Waals surface area contributed by atoms with Crippen LogP contribution in [0, 0.1) is 5.82 Å². The van der Waals surface area contributed by atoms with E-state index in [2.05, 4.69) is 8.92 Å². The Morgan fingerprint density at radius 2 is 1.52 bits per heavy atom. The molecule has 246 valence electrons. The maximum atomic E-state index is 13.8. The highest BCUT2D eigenvalue weighted by Gasteiger charge is 2.58. The number of nitrogens with zero attached hydrogens (tertiary/aromatic N) is 1. The van der Waals surface area contributed by atoms with Gasteiger partial charge in [-0.25, -0.2) is 21.8 Å². The summed E-state index contributed by atoms with van der Waals surface area (Å²) in [7, 11) is -12.0. The van der Waals surface area contributed by atoms with Crippen LogP contribution in [0.1, 0.15) is 13.8 Å². The fraction of sp³-hybridized carbons (Fsp3) is 0.409. The molecule has 1 N–H and O–H groups in total. The third-order valence-corrected chi connectivity index (χ3v) is 8.53. The van der Waals surface area contributed by atoms with E-state index in [-0.39, 0.29) is 4.31 Å². The number of ether oxygens (including phenoxy) is 2. The minimum atomic E-state index is -6.91. The molecule has 1 amide bonds. The van der Waals surface area contributed by atoms with Crippen molar-refractivity contribution in [3.05, 3.63) is 48.3 Å². The monoisotopic (exact) mass is 692 g/mol. The van der Waals surface area contributed by atoms with E-state index in [0.29, 0.717) is 50.2 Å². The van der Waals surface area contributed by atoms with E-state index in [0.717, 1.165) is 6.07 Å². The second-order valence-corrected chi connectivity index (χ2v) is 12.7. The van der Waals surface area contributed by atoms with Gasteiger partial charge in [-0.3, -0.25) is 9.62 Å². The van der Waals surface area contributed by atoms with Crippen molar-refractivity contribution in [2.24, 2.45) is 0 Å². The number of hydrogen-bond donors (Lipinski definition) is 1. The van der Waals surface area contributed by atoms with Crippen LogP contribution in [0.5, 0.6) is 5.75 Å². The summed E-state index contributed by atoms with van der Waals surface area (Å²) >= 11 is 0. The molecule has 2 aromatic carbocycles. The molecule has 3 rings (SSSR count). The lowest BCUT2D eigenvalue weighted by atomic mass is 10.1. The van der Waals surface area contributed by atoms with Gasteiger partial charge >= 0.3 is 34.1 Å². The highest BCUT2D eigenvalue weighted by molar-refractivity contribution is 7.92. The molecule has 2 unspecified atom stereocenters. The van der Waals surface area contributed by atoms with Crippen LogP contribution in [-0.4, -0.2) is 65.1 Å². The molecule has 0 saturated carbocycles. The first kappa shape index (κ1) is 35.0. The Balaban J connectivity index is 2.10. The zero-order valence-electron chi connectivity index (χ0n) is 21.7. The molecule has 0 radical (unpaired) electrons. The van der Waals surface area contributed by atoms with Crippen LogP contribution in [0.2, 0.25) is 0 Å². The summed E-state index contributed by atoms with van der Waals surface area (Å²) in [4.78, 5) is 11.3. The minimum Gasteiger partial charge on any atom is -0.483 e. The van der Waals surface area contributed by atoms with E-state index in [1.54, 1.807) is 0 Å². The second-order valence-electron chi connectivity index (χ2n) is 9.31. The van der Waals surface area contributed by atoms with Crippen LogP contribution in [0.25, 0.3) is 0 Å². The maximum Gasteiger partial charge on any atom is 0.523 e. The third-order valence-electron chi connectivity index (χ3n) is 5.70. The molecule has 0 spiro atoms. The number of carbonyl (C=O) groups excluding carboxylic acids is 1. The molecule has 1 heterocycles. The smallest absolute Gasteiger partial charge is 0.483 e. The third kappa shape index (κ3) is 7.39. The molecule has 44 heavy (non-hydrogen) atoms. The molecule has 0 fully saturated rings. The summed E-state index contributed by atoms with van der Waals surface area (Å²) in [5.41, 5.74) is -10.6.